The Hall–Kier alpha value is -2.18. The van der Waals surface area contributed by atoms with Crippen LogP contribution in [0.3, 0.4) is 0 Å². The van der Waals surface area contributed by atoms with Gasteiger partial charge in [0.1, 0.15) is 6.29 Å². The van der Waals surface area contributed by atoms with E-state index in [2.05, 4.69) is 28.3 Å². The number of carbonyl (C=O) groups excluding carboxylic acids is 4. The highest BCUT2D eigenvalue weighted by molar-refractivity contribution is 7.80. The molecule has 0 radical (unpaired) electrons. The normalized spacial score (nSPS) is 15.1. The third kappa shape index (κ3) is 10.5. The zero-order chi connectivity index (χ0) is 21.0. The summed E-state index contributed by atoms with van der Waals surface area (Å²) in [6.07, 6.45) is 1.33. The van der Waals surface area contributed by atoms with Gasteiger partial charge in [0, 0.05) is 12.3 Å². The van der Waals surface area contributed by atoms with Gasteiger partial charge in [-0.2, -0.15) is 12.6 Å². The number of aliphatic imine (C=N–C) groups is 1. The predicted octanol–water partition coefficient (Wildman–Crippen LogP) is -3.23. The van der Waals surface area contributed by atoms with E-state index in [-0.39, 0.29) is 23.9 Å². The number of rotatable bonds is 14. The van der Waals surface area contributed by atoms with Gasteiger partial charge in [-0.1, -0.05) is 0 Å². The first-order valence-corrected chi connectivity index (χ1v) is 9.01. The number of aldehydes is 1. The molecule has 0 aliphatic rings. The fourth-order valence-electron chi connectivity index (χ4n) is 2.21. The van der Waals surface area contributed by atoms with Crippen LogP contribution in [0.5, 0.6) is 0 Å². The number of nitrogens with zero attached hydrogens (tertiary/aromatic N) is 1. The molecule has 0 heterocycles. The first kappa shape index (κ1) is 24.8. The summed E-state index contributed by atoms with van der Waals surface area (Å²) in [6.45, 7) is 1.94. The van der Waals surface area contributed by atoms with E-state index < -0.39 is 36.0 Å². The zero-order valence-corrected chi connectivity index (χ0v) is 16.2. The van der Waals surface area contributed by atoms with Crippen molar-refractivity contribution in [2.24, 2.45) is 27.9 Å². The van der Waals surface area contributed by atoms with Gasteiger partial charge in [0.2, 0.25) is 11.8 Å². The van der Waals surface area contributed by atoms with Crippen LogP contribution in [0.15, 0.2) is 4.99 Å². The Morgan fingerprint density at radius 3 is 2.33 bits per heavy atom. The minimum absolute atomic E-state index is 0.0239. The maximum absolute atomic E-state index is 12.5. The van der Waals surface area contributed by atoms with Crippen LogP contribution < -0.4 is 33.6 Å². The van der Waals surface area contributed by atoms with Gasteiger partial charge in [0.15, 0.2) is 11.7 Å². The van der Waals surface area contributed by atoms with E-state index in [1.54, 1.807) is 6.92 Å². The lowest BCUT2D eigenvalue weighted by molar-refractivity contribution is -0.130. The number of thiol groups is 1. The number of ketones is 1. The SMILES string of the molecule is CC(N[C@@H](C=O)CCCN=C(N)N)C(=O)[C@H](CS)NC(=O)[C@@H](N)CC(N)=O. The van der Waals surface area contributed by atoms with Gasteiger partial charge in [0.05, 0.1) is 30.6 Å². The van der Waals surface area contributed by atoms with Crippen molar-refractivity contribution in [1.82, 2.24) is 10.6 Å². The Morgan fingerprint density at radius 1 is 1.22 bits per heavy atom. The Labute approximate surface area is 163 Å². The van der Waals surface area contributed by atoms with Gasteiger partial charge in [0.25, 0.3) is 0 Å². The summed E-state index contributed by atoms with van der Waals surface area (Å²) in [4.78, 5) is 50.3. The lowest BCUT2D eigenvalue weighted by Crippen LogP contribution is -2.55. The fourth-order valence-corrected chi connectivity index (χ4v) is 2.48. The number of amides is 2. The minimum atomic E-state index is -1.15. The Bertz CT molecular complexity index is 554. The molecule has 0 aliphatic carbocycles. The average molecular weight is 404 g/mol. The first-order valence-electron chi connectivity index (χ1n) is 8.37. The molecule has 0 saturated carbocycles. The van der Waals surface area contributed by atoms with Crippen LogP contribution in [0.4, 0.5) is 0 Å². The molecule has 10 N–H and O–H groups in total. The highest BCUT2D eigenvalue weighted by Gasteiger charge is 2.28. The van der Waals surface area contributed by atoms with Crippen molar-refractivity contribution in [3.05, 3.63) is 0 Å². The van der Waals surface area contributed by atoms with Gasteiger partial charge in [-0.3, -0.25) is 24.7 Å². The number of guanidine groups is 1. The number of hydrogen-bond donors (Lipinski definition) is 7. The largest absolute Gasteiger partial charge is 0.370 e. The third-order valence-electron chi connectivity index (χ3n) is 3.62. The maximum Gasteiger partial charge on any atom is 0.238 e. The fraction of sp³-hybridized carbons (Fsp3) is 0.667. The van der Waals surface area contributed by atoms with Crippen LogP contribution in [0.25, 0.3) is 0 Å². The Balaban J connectivity index is 4.66. The average Bonchev–Trinajstić information content (AvgIpc) is 2.60. The molecule has 154 valence electrons. The van der Waals surface area contributed by atoms with Gasteiger partial charge in [-0.15, -0.1) is 0 Å². The standard InChI is InChI=1S/C15H29N7O4S/c1-8(21-9(6-23)3-2-4-20-15(18)19)13(25)11(7-27)22-14(26)10(16)5-12(17)24/h6,8-11,21,27H,2-5,7,16H2,1H3,(H2,17,24)(H,22,26)(H4,18,19,20)/t8?,9-,10+,11+/m1/s1. The second kappa shape index (κ2) is 13.1. The number of carbonyl (C=O) groups is 4. The quantitative estimate of drug-likeness (QED) is 0.0514. The summed E-state index contributed by atoms with van der Waals surface area (Å²) < 4.78 is 0. The second-order valence-electron chi connectivity index (χ2n) is 6.00. The highest BCUT2D eigenvalue weighted by Crippen LogP contribution is 2.02. The van der Waals surface area contributed by atoms with Crippen LogP contribution in [0.1, 0.15) is 26.2 Å². The van der Waals surface area contributed by atoms with E-state index in [0.29, 0.717) is 25.7 Å². The summed E-state index contributed by atoms with van der Waals surface area (Å²) in [5.41, 5.74) is 21.0. The molecular weight excluding hydrogens is 374 g/mol. The van der Waals surface area contributed by atoms with E-state index in [4.69, 9.17) is 22.9 Å². The molecule has 12 heteroatoms. The van der Waals surface area contributed by atoms with Crippen LogP contribution >= 0.6 is 12.6 Å². The molecule has 0 aromatic carbocycles. The van der Waals surface area contributed by atoms with E-state index in [0.717, 1.165) is 0 Å². The van der Waals surface area contributed by atoms with Crippen molar-refractivity contribution >= 4 is 42.5 Å². The predicted molar refractivity (Wildman–Crippen MR) is 105 cm³/mol. The Morgan fingerprint density at radius 2 is 1.85 bits per heavy atom. The van der Waals surface area contributed by atoms with Crippen molar-refractivity contribution in [2.45, 2.75) is 50.4 Å². The van der Waals surface area contributed by atoms with Crippen LogP contribution in [0.2, 0.25) is 0 Å². The zero-order valence-electron chi connectivity index (χ0n) is 15.3. The molecule has 0 spiro atoms. The van der Waals surface area contributed by atoms with Crippen LogP contribution in [0, 0.1) is 0 Å². The topological polar surface area (TPSA) is 209 Å². The number of hydrogen-bond acceptors (Lipinski definition) is 8. The highest BCUT2D eigenvalue weighted by atomic mass is 32.1. The molecule has 0 aromatic rings. The lowest BCUT2D eigenvalue weighted by atomic mass is 10.0. The van der Waals surface area contributed by atoms with Gasteiger partial charge >= 0.3 is 0 Å². The molecule has 0 bridgehead atoms. The molecule has 0 saturated heterocycles. The molecule has 0 aliphatic heterocycles. The first-order chi connectivity index (χ1) is 12.6. The summed E-state index contributed by atoms with van der Waals surface area (Å²) in [5.74, 6) is -1.79. The summed E-state index contributed by atoms with van der Waals surface area (Å²) >= 11 is 4.06. The number of nitrogens with two attached hydrogens (primary N) is 4. The van der Waals surface area contributed by atoms with Crippen molar-refractivity contribution in [2.75, 3.05) is 12.3 Å². The molecule has 2 amide bonds. The third-order valence-corrected chi connectivity index (χ3v) is 3.99. The minimum Gasteiger partial charge on any atom is -0.370 e. The molecule has 11 nitrogen and oxygen atoms in total. The number of nitrogens with one attached hydrogen (secondary N) is 2. The molecular formula is C15H29N7O4S. The van der Waals surface area contributed by atoms with E-state index in [9.17, 15) is 19.2 Å². The molecule has 1 unspecified atom stereocenters. The van der Waals surface area contributed by atoms with E-state index >= 15 is 0 Å². The van der Waals surface area contributed by atoms with Gasteiger partial charge < -0.3 is 33.0 Å². The number of Topliss-reactive ketones (excluding diaryl/α,β-unsaturated/α-hetero) is 1. The van der Waals surface area contributed by atoms with Crippen molar-refractivity contribution in [3.8, 4) is 0 Å². The molecule has 0 fully saturated rings. The molecule has 0 aromatic heterocycles. The smallest absolute Gasteiger partial charge is 0.238 e. The Kier molecular flexibility index (Phi) is 12.0. The second-order valence-corrected chi connectivity index (χ2v) is 6.37. The molecule has 0 rings (SSSR count). The van der Waals surface area contributed by atoms with Crippen molar-refractivity contribution in [1.29, 1.82) is 0 Å². The summed E-state index contributed by atoms with van der Waals surface area (Å²) in [7, 11) is 0. The summed E-state index contributed by atoms with van der Waals surface area (Å²) in [6, 6.07) is -3.39. The molecule has 4 atom stereocenters. The van der Waals surface area contributed by atoms with E-state index in [1.807, 2.05) is 0 Å². The van der Waals surface area contributed by atoms with Gasteiger partial charge in [-0.25, -0.2) is 0 Å². The van der Waals surface area contributed by atoms with Crippen LogP contribution in [-0.4, -0.2) is 66.3 Å². The van der Waals surface area contributed by atoms with Crippen LogP contribution in [-0.2, 0) is 19.2 Å². The summed E-state index contributed by atoms with van der Waals surface area (Å²) in [5, 5.41) is 5.32. The monoisotopic (exact) mass is 403 g/mol. The lowest BCUT2D eigenvalue weighted by Gasteiger charge is -2.24. The maximum atomic E-state index is 12.5. The van der Waals surface area contributed by atoms with Crippen molar-refractivity contribution in [3.63, 3.8) is 0 Å². The number of primary amides is 1. The van der Waals surface area contributed by atoms with E-state index in [1.165, 1.54) is 0 Å². The van der Waals surface area contributed by atoms with Gasteiger partial charge in [-0.05, 0) is 19.8 Å². The molecule has 27 heavy (non-hydrogen) atoms. The van der Waals surface area contributed by atoms with Crippen molar-refractivity contribution < 1.29 is 19.2 Å².